The molecule has 0 radical (unpaired) electrons. The van der Waals surface area contributed by atoms with E-state index in [1.807, 2.05) is 41.8 Å². The second kappa shape index (κ2) is 9.67. The van der Waals surface area contributed by atoms with Gasteiger partial charge in [0.15, 0.2) is 0 Å². The van der Waals surface area contributed by atoms with Gasteiger partial charge in [0.1, 0.15) is 12.3 Å². The number of nitrogens with zero attached hydrogens (tertiary/aromatic N) is 3. The van der Waals surface area contributed by atoms with Crippen LogP contribution >= 0.6 is 11.3 Å². The maximum atomic E-state index is 13.2. The summed E-state index contributed by atoms with van der Waals surface area (Å²) in [6, 6.07) is 11.3. The highest BCUT2D eigenvalue weighted by atomic mass is 32.1. The first-order valence-corrected chi connectivity index (χ1v) is 10.2. The zero-order chi connectivity index (χ0) is 20.8. The fraction of sp³-hybridized carbons (Fsp3) is 0.381. The number of carbonyl (C=O) groups excluding carboxylic acids is 2. The number of hydrazone groups is 1. The molecule has 3 rings (SSSR count). The zero-order valence-corrected chi connectivity index (χ0v) is 17.6. The highest BCUT2D eigenvalue weighted by Gasteiger charge is 2.35. The fourth-order valence-electron chi connectivity index (χ4n) is 3.30. The summed E-state index contributed by atoms with van der Waals surface area (Å²) in [5.41, 5.74) is 1.75. The number of benzene rings is 1. The van der Waals surface area contributed by atoms with Crippen LogP contribution < -0.4 is 4.74 Å². The number of rotatable bonds is 8. The first kappa shape index (κ1) is 21.0. The van der Waals surface area contributed by atoms with Crippen LogP contribution in [0.2, 0.25) is 0 Å². The van der Waals surface area contributed by atoms with Gasteiger partial charge in [-0.05, 0) is 17.5 Å². The van der Waals surface area contributed by atoms with E-state index in [4.69, 9.17) is 9.47 Å². The molecule has 154 valence electrons. The van der Waals surface area contributed by atoms with E-state index in [1.54, 1.807) is 25.6 Å². The van der Waals surface area contributed by atoms with Gasteiger partial charge in [0.2, 0.25) is 5.91 Å². The van der Waals surface area contributed by atoms with Gasteiger partial charge >= 0.3 is 0 Å². The Morgan fingerprint density at radius 1 is 1.24 bits per heavy atom. The van der Waals surface area contributed by atoms with Crippen molar-refractivity contribution in [2.75, 3.05) is 33.9 Å². The van der Waals surface area contributed by atoms with Crippen LogP contribution in [0.25, 0.3) is 0 Å². The molecule has 0 spiro atoms. The molecular formula is C21H25N3O4S. The van der Waals surface area contributed by atoms with Gasteiger partial charge < -0.3 is 14.4 Å². The number of para-hydroxylation sites is 1. The summed E-state index contributed by atoms with van der Waals surface area (Å²) in [6.07, 6.45) is 0.588. The summed E-state index contributed by atoms with van der Waals surface area (Å²) in [7, 11) is 3.18. The van der Waals surface area contributed by atoms with E-state index in [9.17, 15) is 9.59 Å². The predicted octanol–water partition coefficient (Wildman–Crippen LogP) is 2.93. The highest BCUT2D eigenvalue weighted by Crippen LogP contribution is 2.38. The Morgan fingerprint density at radius 2 is 2.03 bits per heavy atom. The van der Waals surface area contributed by atoms with Gasteiger partial charge in [0, 0.05) is 32.6 Å². The molecule has 1 aromatic heterocycles. The summed E-state index contributed by atoms with van der Waals surface area (Å²) in [5.74, 6) is 0.297. The molecule has 8 heteroatoms. The number of methoxy groups -OCH3 is 2. The molecular weight excluding hydrogens is 390 g/mol. The van der Waals surface area contributed by atoms with Crippen molar-refractivity contribution in [1.82, 2.24) is 9.91 Å². The van der Waals surface area contributed by atoms with E-state index in [0.717, 1.165) is 16.2 Å². The topological polar surface area (TPSA) is 71.4 Å². The predicted molar refractivity (Wildman–Crippen MR) is 112 cm³/mol. The van der Waals surface area contributed by atoms with Crippen molar-refractivity contribution in [1.29, 1.82) is 0 Å². The lowest BCUT2D eigenvalue weighted by Crippen LogP contribution is -2.41. The molecule has 1 atom stereocenters. The average Bonchev–Trinajstić information content (AvgIpc) is 3.40. The molecule has 0 N–H and O–H groups in total. The number of ether oxygens (including phenoxy) is 2. The van der Waals surface area contributed by atoms with Crippen molar-refractivity contribution in [3.63, 3.8) is 0 Å². The van der Waals surface area contributed by atoms with Gasteiger partial charge in [-0.3, -0.25) is 9.59 Å². The molecule has 0 saturated heterocycles. The molecule has 7 nitrogen and oxygen atoms in total. The Balaban J connectivity index is 1.89. The lowest BCUT2D eigenvalue weighted by atomic mass is 10.00. The number of thiophene rings is 1. The third kappa shape index (κ3) is 4.83. The second-order valence-corrected chi connectivity index (χ2v) is 7.61. The molecule has 2 heterocycles. The van der Waals surface area contributed by atoms with Gasteiger partial charge in [-0.25, -0.2) is 5.01 Å². The average molecular weight is 416 g/mol. The van der Waals surface area contributed by atoms with E-state index in [2.05, 4.69) is 5.10 Å². The van der Waals surface area contributed by atoms with Crippen LogP contribution in [-0.4, -0.2) is 61.4 Å². The van der Waals surface area contributed by atoms with Crippen molar-refractivity contribution in [2.45, 2.75) is 19.4 Å². The highest BCUT2D eigenvalue weighted by molar-refractivity contribution is 7.12. The molecule has 29 heavy (non-hydrogen) atoms. The van der Waals surface area contributed by atoms with Crippen molar-refractivity contribution in [3.05, 3.63) is 52.2 Å². The summed E-state index contributed by atoms with van der Waals surface area (Å²) >= 11 is 1.59. The van der Waals surface area contributed by atoms with Gasteiger partial charge in [-0.2, -0.15) is 5.10 Å². The molecule has 2 aromatic rings. The minimum atomic E-state index is -0.285. The lowest BCUT2D eigenvalue weighted by molar-refractivity contribution is -0.141. The third-order valence-corrected chi connectivity index (χ3v) is 5.73. The molecule has 0 unspecified atom stereocenters. The summed E-state index contributed by atoms with van der Waals surface area (Å²) in [5, 5.41) is 8.13. The van der Waals surface area contributed by atoms with Gasteiger partial charge in [0.25, 0.3) is 5.91 Å². The third-order valence-electron chi connectivity index (χ3n) is 4.81. The van der Waals surface area contributed by atoms with Crippen LogP contribution in [0.5, 0.6) is 5.75 Å². The summed E-state index contributed by atoms with van der Waals surface area (Å²) in [6.45, 7) is 2.12. The molecule has 0 aliphatic carbocycles. The van der Waals surface area contributed by atoms with Gasteiger partial charge in [0.05, 0.1) is 30.3 Å². The number of hydrogen-bond donors (Lipinski definition) is 0. The number of carbonyl (C=O) groups is 2. The van der Waals surface area contributed by atoms with Crippen LogP contribution in [0.3, 0.4) is 0 Å². The quantitative estimate of drug-likeness (QED) is 0.665. The van der Waals surface area contributed by atoms with Gasteiger partial charge in [-0.15, -0.1) is 11.3 Å². The largest absolute Gasteiger partial charge is 0.496 e. The van der Waals surface area contributed by atoms with Crippen molar-refractivity contribution >= 4 is 28.9 Å². The Bertz CT molecular complexity index is 882. The monoisotopic (exact) mass is 415 g/mol. The Hall–Kier alpha value is -2.71. The second-order valence-electron chi connectivity index (χ2n) is 6.66. The first-order chi connectivity index (χ1) is 14.0. The first-order valence-electron chi connectivity index (χ1n) is 9.36. The Morgan fingerprint density at radius 3 is 2.69 bits per heavy atom. The minimum Gasteiger partial charge on any atom is -0.496 e. The van der Waals surface area contributed by atoms with Crippen LogP contribution in [0.15, 0.2) is 46.9 Å². The molecule has 2 amide bonds. The number of amides is 2. The zero-order valence-electron chi connectivity index (χ0n) is 16.8. The molecule has 0 saturated carbocycles. The van der Waals surface area contributed by atoms with Crippen molar-refractivity contribution in [2.24, 2.45) is 5.10 Å². The minimum absolute atomic E-state index is 0.0500. The summed E-state index contributed by atoms with van der Waals surface area (Å²) in [4.78, 5) is 27.6. The van der Waals surface area contributed by atoms with E-state index in [-0.39, 0.29) is 24.4 Å². The van der Waals surface area contributed by atoms with E-state index < -0.39 is 0 Å². The number of hydrogen-bond acceptors (Lipinski definition) is 6. The smallest absolute Gasteiger partial charge is 0.262 e. The van der Waals surface area contributed by atoms with E-state index in [0.29, 0.717) is 25.3 Å². The maximum Gasteiger partial charge on any atom is 0.262 e. The molecule has 0 bridgehead atoms. The standard InChI is InChI=1S/C21H25N3O4S/c1-15(25)23(10-11-27-2)14-21(26)24-18(16-7-4-5-8-19(16)28-3)13-17(22-24)20-9-6-12-29-20/h4-9,12,18H,10-11,13-14H2,1-3H3/t18-/m0/s1. The lowest BCUT2D eigenvalue weighted by Gasteiger charge is -2.27. The molecule has 1 aliphatic heterocycles. The SMILES string of the molecule is COCCN(CC(=O)N1N=C(c2cccs2)C[C@H]1c1ccccc1OC)C(C)=O. The van der Waals surface area contributed by atoms with Crippen LogP contribution in [-0.2, 0) is 14.3 Å². The molecule has 0 fully saturated rings. The normalized spacial score (nSPS) is 15.9. The van der Waals surface area contributed by atoms with Crippen molar-refractivity contribution < 1.29 is 19.1 Å². The van der Waals surface area contributed by atoms with Gasteiger partial charge in [-0.1, -0.05) is 24.3 Å². The molecule has 1 aliphatic rings. The van der Waals surface area contributed by atoms with E-state index >= 15 is 0 Å². The van der Waals surface area contributed by atoms with Crippen LogP contribution in [0, 0.1) is 0 Å². The van der Waals surface area contributed by atoms with Crippen molar-refractivity contribution in [3.8, 4) is 5.75 Å². The fourth-order valence-corrected chi connectivity index (χ4v) is 4.02. The Kier molecular flexibility index (Phi) is 7.00. The van der Waals surface area contributed by atoms with Crippen LogP contribution in [0.4, 0.5) is 0 Å². The molecule has 1 aromatic carbocycles. The van der Waals surface area contributed by atoms with E-state index in [1.165, 1.54) is 16.8 Å². The van der Waals surface area contributed by atoms with Crippen LogP contribution in [0.1, 0.15) is 29.8 Å². The Labute approximate surface area is 174 Å². The maximum absolute atomic E-state index is 13.2. The summed E-state index contributed by atoms with van der Waals surface area (Å²) < 4.78 is 10.6.